The summed E-state index contributed by atoms with van der Waals surface area (Å²) >= 11 is 6.04. The molecule has 0 saturated carbocycles. The molecule has 1 aromatic carbocycles. The normalized spacial score (nSPS) is 14.6. The van der Waals surface area contributed by atoms with Gasteiger partial charge in [0.15, 0.2) is 0 Å². The van der Waals surface area contributed by atoms with E-state index in [1.165, 1.54) is 0 Å². The number of amides is 1. The van der Waals surface area contributed by atoms with Gasteiger partial charge in [0.1, 0.15) is 5.75 Å². The van der Waals surface area contributed by atoms with Crippen LogP contribution < -0.4 is 9.64 Å². The molecule has 5 nitrogen and oxygen atoms in total. The molecule has 1 amide bonds. The van der Waals surface area contributed by atoms with Gasteiger partial charge >= 0.3 is 0 Å². The topological polar surface area (TPSA) is 45.7 Å². The quantitative estimate of drug-likeness (QED) is 0.854. The molecule has 0 unspecified atom stereocenters. The third-order valence-electron chi connectivity index (χ3n) is 4.24. The number of ether oxygens (including phenoxy) is 1. The summed E-state index contributed by atoms with van der Waals surface area (Å²) in [5.74, 6) is 0.799. The highest BCUT2D eigenvalue weighted by molar-refractivity contribution is 6.30. The van der Waals surface area contributed by atoms with Crippen LogP contribution in [0, 0.1) is 0 Å². The number of carbonyl (C=O) groups excluding carboxylic acids is 1. The number of methoxy groups -OCH3 is 1. The molecule has 0 N–H and O–H groups in total. The van der Waals surface area contributed by atoms with Gasteiger partial charge in [-0.1, -0.05) is 11.6 Å². The van der Waals surface area contributed by atoms with Gasteiger partial charge in [0.05, 0.1) is 13.5 Å². The lowest BCUT2D eigenvalue weighted by Gasteiger charge is -2.36. The molecule has 2 aromatic rings. The highest BCUT2D eigenvalue weighted by atomic mass is 35.5. The van der Waals surface area contributed by atoms with Crippen LogP contribution in [-0.2, 0) is 11.2 Å². The molecule has 0 aliphatic carbocycles. The Balaban J connectivity index is 1.61. The van der Waals surface area contributed by atoms with E-state index in [4.69, 9.17) is 16.3 Å². The average Bonchev–Trinajstić information content (AvgIpc) is 2.63. The van der Waals surface area contributed by atoms with Crippen LogP contribution in [0.25, 0.3) is 0 Å². The molecule has 1 aromatic heterocycles. The second-order valence-electron chi connectivity index (χ2n) is 5.71. The highest BCUT2D eigenvalue weighted by Gasteiger charge is 2.22. The van der Waals surface area contributed by atoms with Gasteiger partial charge < -0.3 is 14.5 Å². The van der Waals surface area contributed by atoms with E-state index in [1.807, 2.05) is 17.0 Å². The van der Waals surface area contributed by atoms with E-state index in [1.54, 1.807) is 37.7 Å². The Morgan fingerprint density at radius 1 is 1.17 bits per heavy atom. The number of hydrogen-bond donors (Lipinski definition) is 0. The summed E-state index contributed by atoms with van der Waals surface area (Å²) in [5.41, 5.74) is 1.97. The minimum Gasteiger partial charge on any atom is -0.496 e. The smallest absolute Gasteiger partial charge is 0.227 e. The van der Waals surface area contributed by atoms with Crippen molar-refractivity contribution in [1.29, 1.82) is 0 Å². The predicted molar refractivity (Wildman–Crippen MR) is 94.7 cm³/mol. The summed E-state index contributed by atoms with van der Waals surface area (Å²) in [4.78, 5) is 20.8. The number of piperazine rings is 1. The summed E-state index contributed by atoms with van der Waals surface area (Å²) in [5, 5.41) is 0.612. The molecule has 3 rings (SSSR count). The molecule has 0 spiro atoms. The Bertz CT molecular complexity index is 701. The molecule has 2 heterocycles. The number of rotatable bonds is 4. The number of benzene rings is 1. The van der Waals surface area contributed by atoms with Crippen LogP contribution in [0.4, 0.5) is 5.69 Å². The third-order valence-corrected chi connectivity index (χ3v) is 4.48. The lowest BCUT2D eigenvalue weighted by Crippen LogP contribution is -2.49. The van der Waals surface area contributed by atoms with Gasteiger partial charge in [0.2, 0.25) is 5.91 Å². The first-order chi connectivity index (χ1) is 11.7. The molecule has 1 aliphatic heterocycles. The SMILES string of the molecule is COc1ccc(Cl)cc1CC(=O)N1CCN(c2ccncc2)CC1. The number of pyridine rings is 1. The molecule has 24 heavy (non-hydrogen) atoms. The molecular weight excluding hydrogens is 326 g/mol. The fourth-order valence-corrected chi connectivity index (χ4v) is 3.12. The van der Waals surface area contributed by atoms with Crippen molar-refractivity contribution in [3.05, 3.63) is 53.3 Å². The summed E-state index contributed by atoms with van der Waals surface area (Å²) in [7, 11) is 1.60. The number of halogens is 1. The minimum atomic E-state index is 0.102. The summed E-state index contributed by atoms with van der Waals surface area (Å²) in [6.45, 7) is 3.07. The van der Waals surface area contributed by atoms with Crippen molar-refractivity contribution < 1.29 is 9.53 Å². The Labute approximate surface area is 146 Å². The lowest BCUT2D eigenvalue weighted by molar-refractivity contribution is -0.130. The molecule has 0 bridgehead atoms. The van der Waals surface area contributed by atoms with Crippen LogP contribution >= 0.6 is 11.6 Å². The summed E-state index contributed by atoms with van der Waals surface area (Å²) < 4.78 is 5.32. The first-order valence-electron chi connectivity index (χ1n) is 7.92. The van der Waals surface area contributed by atoms with Crippen molar-refractivity contribution in [1.82, 2.24) is 9.88 Å². The van der Waals surface area contributed by atoms with Crippen LogP contribution in [0.15, 0.2) is 42.7 Å². The summed E-state index contributed by atoms with van der Waals surface area (Å²) in [6, 6.07) is 9.35. The van der Waals surface area contributed by atoms with E-state index in [9.17, 15) is 4.79 Å². The fraction of sp³-hybridized carbons (Fsp3) is 0.333. The zero-order chi connectivity index (χ0) is 16.9. The molecule has 126 valence electrons. The molecule has 1 aliphatic rings. The van der Waals surface area contributed by atoms with Crippen LogP contribution in [0.5, 0.6) is 5.75 Å². The van der Waals surface area contributed by atoms with Gasteiger partial charge in [-0.25, -0.2) is 0 Å². The van der Waals surface area contributed by atoms with E-state index in [2.05, 4.69) is 9.88 Å². The van der Waals surface area contributed by atoms with E-state index >= 15 is 0 Å². The molecular formula is C18H20ClN3O2. The lowest BCUT2D eigenvalue weighted by atomic mass is 10.1. The van der Waals surface area contributed by atoms with E-state index in [-0.39, 0.29) is 5.91 Å². The van der Waals surface area contributed by atoms with Crippen LogP contribution in [-0.4, -0.2) is 49.1 Å². The van der Waals surface area contributed by atoms with Crippen molar-refractivity contribution in [2.24, 2.45) is 0 Å². The maximum absolute atomic E-state index is 12.6. The van der Waals surface area contributed by atoms with E-state index < -0.39 is 0 Å². The van der Waals surface area contributed by atoms with Gasteiger partial charge in [-0.15, -0.1) is 0 Å². The molecule has 1 saturated heterocycles. The standard InChI is InChI=1S/C18H20ClN3O2/c1-24-17-3-2-15(19)12-14(17)13-18(23)22-10-8-21(9-11-22)16-4-6-20-7-5-16/h2-7,12H,8-11,13H2,1H3. The van der Waals surface area contributed by atoms with Gasteiger partial charge in [0.25, 0.3) is 0 Å². The summed E-state index contributed by atoms with van der Waals surface area (Å²) in [6.07, 6.45) is 3.88. The van der Waals surface area contributed by atoms with Crippen molar-refractivity contribution in [2.45, 2.75) is 6.42 Å². The Morgan fingerprint density at radius 2 is 1.88 bits per heavy atom. The largest absolute Gasteiger partial charge is 0.496 e. The van der Waals surface area contributed by atoms with Gasteiger partial charge in [-0.2, -0.15) is 0 Å². The predicted octanol–water partition coefficient (Wildman–Crippen LogP) is 2.63. The molecule has 0 atom stereocenters. The second-order valence-corrected chi connectivity index (χ2v) is 6.14. The Kier molecular flexibility index (Phi) is 5.20. The van der Waals surface area contributed by atoms with E-state index in [0.717, 1.165) is 24.3 Å². The maximum atomic E-state index is 12.6. The minimum absolute atomic E-state index is 0.102. The van der Waals surface area contributed by atoms with Crippen LogP contribution in [0.3, 0.4) is 0 Å². The first-order valence-corrected chi connectivity index (χ1v) is 8.30. The monoisotopic (exact) mass is 345 g/mol. The van der Waals surface area contributed by atoms with E-state index in [0.29, 0.717) is 30.3 Å². The van der Waals surface area contributed by atoms with Crippen molar-refractivity contribution in [2.75, 3.05) is 38.2 Å². The molecule has 0 radical (unpaired) electrons. The molecule has 6 heteroatoms. The van der Waals surface area contributed by atoms with Gasteiger partial charge in [-0.3, -0.25) is 9.78 Å². The maximum Gasteiger partial charge on any atom is 0.227 e. The third kappa shape index (κ3) is 3.79. The van der Waals surface area contributed by atoms with Gasteiger partial charge in [-0.05, 0) is 30.3 Å². The number of hydrogen-bond acceptors (Lipinski definition) is 4. The fourth-order valence-electron chi connectivity index (χ4n) is 2.93. The van der Waals surface area contributed by atoms with Crippen molar-refractivity contribution in [3.8, 4) is 5.75 Å². The van der Waals surface area contributed by atoms with Crippen molar-refractivity contribution >= 4 is 23.2 Å². The second kappa shape index (κ2) is 7.53. The number of nitrogens with zero attached hydrogens (tertiary/aromatic N) is 3. The average molecular weight is 346 g/mol. The Hall–Kier alpha value is -2.27. The number of anilines is 1. The van der Waals surface area contributed by atoms with Gasteiger partial charge in [0, 0.05) is 54.8 Å². The number of carbonyl (C=O) groups is 1. The van der Waals surface area contributed by atoms with Crippen molar-refractivity contribution in [3.63, 3.8) is 0 Å². The highest BCUT2D eigenvalue weighted by Crippen LogP contribution is 2.24. The Morgan fingerprint density at radius 3 is 2.54 bits per heavy atom. The molecule has 1 fully saturated rings. The number of aromatic nitrogens is 1. The van der Waals surface area contributed by atoms with Crippen LogP contribution in [0.2, 0.25) is 5.02 Å². The van der Waals surface area contributed by atoms with Crippen LogP contribution in [0.1, 0.15) is 5.56 Å². The zero-order valence-corrected chi connectivity index (χ0v) is 14.4. The first kappa shape index (κ1) is 16.6. The zero-order valence-electron chi connectivity index (χ0n) is 13.6.